The second kappa shape index (κ2) is 16.4. The van der Waals surface area contributed by atoms with Crippen molar-refractivity contribution >= 4 is 51.6 Å². The number of aryl methyl sites for hydroxylation is 2. The number of methoxy groups -OCH3 is 1. The molecule has 55 heavy (non-hydrogen) atoms. The van der Waals surface area contributed by atoms with Crippen LogP contribution in [-0.4, -0.2) is 57.4 Å². The lowest BCUT2D eigenvalue weighted by Gasteiger charge is -2.18. The molecule has 5 aromatic rings. The second-order valence-electron chi connectivity index (χ2n) is 13.3. The van der Waals surface area contributed by atoms with Crippen molar-refractivity contribution in [3.8, 4) is 28.3 Å². The van der Waals surface area contributed by atoms with Gasteiger partial charge in [0.25, 0.3) is 12.0 Å². The standard InChI is InChI=1S/C31H25Cl2F2N5O3.C6H11N3O.C2H6/c1-39-23-14-22(27(34)35)37-28(24(23)30(41)40(2)31(39)42)36-20-12-6-10-18(26(20)33)17-9-5-11-19(25(17)32)21-13-15-7-4-8-16(15)29(38-21)43-3;10-5-8-4-6(9-5)1-2-7-3-6;1-2/h5-6,9-14,27H,4,7-8H2,1-3H3,(H,36,37);7H,1-4H2,(H2,8,9,10);1-2H3. The molecule has 4 N–H and O–H groups in total. The van der Waals surface area contributed by atoms with Crippen molar-refractivity contribution in [3.63, 3.8) is 0 Å². The number of anilines is 2. The van der Waals surface area contributed by atoms with Crippen LogP contribution in [0.4, 0.5) is 25.1 Å². The molecule has 3 aliphatic rings. The van der Waals surface area contributed by atoms with Crippen LogP contribution in [0.1, 0.15) is 49.9 Å². The van der Waals surface area contributed by atoms with Gasteiger partial charge in [-0.25, -0.2) is 28.3 Å². The van der Waals surface area contributed by atoms with E-state index in [0.29, 0.717) is 39.0 Å². The molecule has 1 aliphatic carbocycles. The predicted octanol–water partition coefficient (Wildman–Crippen LogP) is 6.90. The van der Waals surface area contributed by atoms with Gasteiger partial charge in [-0.2, -0.15) is 0 Å². The number of carbonyl (C=O) groups is 1. The molecule has 2 aliphatic heterocycles. The van der Waals surface area contributed by atoms with Crippen LogP contribution in [-0.2, 0) is 26.9 Å². The van der Waals surface area contributed by atoms with Crippen LogP contribution in [0, 0.1) is 0 Å². The third-order valence-electron chi connectivity index (χ3n) is 9.97. The minimum absolute atomic E-state index is 0.0150. The average molecular weight is 796 g/mol. The molecular formula is C39H42Cl2F2N8O4. The Morgan fingerprint density at radius 2 is 1.64 bits per heavy atom. The van der Waals surface area contributed by atoms with Gasteiger partial charge in [0, 0.05) is 49.4 Å². The minimum Gasteiger partial charge on any atom is -0.481 e. The molecule has 1 atom stereocenters. The smallest absolute Gasteiger partial charge is 0.330 e. The van der Waals surface area contributed by atoms with Crippen molar-refractivity contribution in [3.05, 3.63) is 96.2 Å². The summed E-state index contributed by atoms with van der Waals surface area (Å²) in [5.74, 6) is 0.433. The molecule has 1 spiro atoms. The highest BCUT2D eigenvalue weighted by Gasteiger charge is 2.39. The first-order chi connectivity index (χ1) is 26.4. The Morgan fingerprint density at radius 3 is 2.29 bits per heavy atom. The molecule has 1 unspecified atom stereocenters. The number of alkyl halides is 2. The Kier molecular flexibility index (Phi) is 11.8. The van der Waals surface area contributed by atoms with E-state index in [9.17, 15) is 23.2 Å². The van der Waals surface area contributed by atoms with Gasteiger partial charge in [0.05, 0.1) is 39.6 Å². The summed E-state index contributed by atoms with van der Waals surface area (Å²) in [5, 5.41) is 12.5. The quantitative estimate of drug-likeness (QED) is 0.145. The van der Waals surface area contributed by atoms with Gasteiger partial charge in [0.15, 0.2) is 0 Å². The number of hydrogen-bond donors (Lipinski definition) is 4. The Bertz CT molecular complexity index is 2400. The fourth-order valence-electron chi connectivity index (χ4n) is 7.14. The van der Waals surface area contributed by atoms with Crippen molar-refractivity contribution in [1.82, 2.24) is 35.1 Å². The number of rotatable bonds is 6. The van der Waals surface area contributed by atoms with Crippen LogP contribution < -0.4 is 37.3 Å². The van der Waals surface area contributed by atoms with Gasteiger partial charge in [-0.3, -0.25) is 13.9 Å². The van der Waals surface area contributed by atoms with Crippen molar-refractivity contribution in [2.75, 3.05) is 32.1 Å². The summed E-state index contributed by atoms with van der Waals surface area (Å²) in [7, 11) is 4.31. The van der Waals surface area contributed by atoms with Gasteiger partial charge in [0.1, 0.15) is 16.9 Å². The van der Waals surface area contributed by atoms with Gasteiger partial charge in [-0.1, -0.05) is 67.4 Å². The summed E-state index contributed by atoms with van der Waals surface area (Å²) >= 11 is 13.9. The topological polar surface area (TPSA) is 144 Å². The second-order valence-corrected chi connectivity index (χ2v) is 14.0. The van der Waals surface area contributed by atoms with E-state index in [1.165, 1.54) is 19.7 Å². The minimum atomic E-state index is -2.95. The zero-order chi connectivity index (χ0) is 39.6. The molecule has 16 heteroatoms. The SMILES string of the molecule is CC.COc1nc(-c2cccc(-c3cccc(Nc4nc(C(F)F)cc5c4c(=O)n(C)c(=O)n5C)c3Cl)c2Cl)cc2c1CCC2.O=C1NCC2(CCNC2)N1. The number of urea groups is 1. The number of hydrogen-bond acceptors (Lipinski definition) is 8. The lowest BCUT2D eigenvalue weighted by Crippen LogP contribution is -2.45. The van der Waals surface area contributed by atoms with Crippen LogP contribution in [0.25, 0.3) is 33.3 Å². The summed E-state index contributed by atoms with van der Waals surface area (Å²) in [5.41, 5.74) is 3.26. The van der Waals surface area contributed by atoms with Crippen LogP contribution in [0.15, 0.2) is 58.1 Å². The highest BCUT2D eigenvalue weighted by Crippen LogP contribution is 2.43. The molecular weight excluding hydrogens is 753 g/mol. The number of pyridine rings is 2. The molecule has 2 amide bonds. The van der Waals surface area contributed by atoms with E-state index in [4.69, 9.17) is 32.9 Å². The molecule has 2 saturated heterocycles. The molecule has 0 radical (unpaired) electrons. The zero-order valence-corrected chi connectivity index (χ0v) is 32.6. The Labute approximate surface area is 326 Å². The average Bonchev–Trinajstić information content (AvgIpc) is 3.96. The molecule has 2 aromatic carbocycles. The molecule has 5 heterocycles. The fourth-order valence-corrected chi connectivity index (χ4v) is 7.74. The normalized spacial score (nSPS) is 16.9. The van der Waals surface area contributed by atoms with E-state index >= 15 is 0 Å². The fraction of sp³-hybridized carbons (Fsp3) is 0.359. The number of benzene rings is 2. The van der Waals surface area contributed by atoms with E-state index < -0.39 is 23.4 Å². The maximum Gasteiger partial charge on any atom is 0.330 e. The predicted molar refractivity (Wildman–Crippen MR) is 212 cm³/mol. The highest BCUT2D eigenvalue weighted by atomic mass is 35.5. The molecule has 0 saturated carbocycles. The van der Waals surface area contributed by atoms with E-state index in [0.717, 1.165) is 66.1 Å². The zero-order valence-electron chi connectivity index (χ0n) is 31.1. The van der Waals surface area contributed by atoms with Gasteiger partial charge in [0.2, 0.25) is 5.88 Å². The van der Waals surface area contributed by atoms with Gasteiger partial charge in [-0.15, -0.1) is 0 Å². The lowest BCUT2D eigenvalue weighted by atomic mass is 9.99. The lowest BCUT2D eigenvalue weighted by molar-refractivity contribution is 0.146. The highest BCUT2D eigenvalue weighted by molar-refractivity contribution is 6.39. The Hall–Kier alpha value is -5.05. The summed E-state index contributed by atoms with van der Waals surface area (Å²) in [6.45, 7) is 6.70. The van der Waals surface area contributed by atoms with Crippen LogP contribution in [0.2, 0.25) is 10.0 Å². The number of amides is 2. The van der Waals surface area contributed by atoms with Crippen molar-refractivity contribution in [2.24, 2.45) is 14.1 Å². The summed E-state index contributed by atoms with van der Waals surface area (Å²) in [6.07, 6.45) is 0.990. The third-order valence-corrected chi connectivity index (χ3v) is 10.8. The van der Waals surface area contributed by atoms with Crippen LogP contribution in [0.3, 0.4) is 0 Å². The van der Waals surface area contributed by atoms with Crippen LogP contribution in [0.5, 0.6) is 5.88 Å². The van der Waals surface area contributed by atoms with Crippen molar-refractivity contribution in [1.29, 1.82) is 0 Å². The number of ether oxygens (including phenoxy) is 1. The first-order valence-electron chi connectivity index (χ1n) is 18.0. The number of aromatic nitrogens is 4. The molecule has 0 bridgehead atoms. The number of nitrogens with zero attached hydrogens (tertiary/aromatic N) is 4. The number of fused-ring (bicyclic) bond motifs is 2. The first-order valence-corrected chi connectivity index (χ1v) is 18.7. The van der Waals surface area contributed by atoms with Gasteiger partial charge < -0.3 is 26.0 Å². The van der Waals surface area contributed by atoms with Gasteiger partial charge >= 0.3 is 11.7 Å². The monoisotopic (exact) mass is 794 g/mol. The van der Waals surface area contributed by atoms with Crippen LogP contribution >= 0.6 is 23.2 Å². The number of carbonyl (C=O) groups excluding carboxylic acids is 1. The maximum absolute atomic E-state index is 13.8. The third kappa shape index (κ3) is 7.63. The molecule has 8 rings (SSSR count). The summed E-state index contributed by atoms with van der Waals surface area (Å²) < 4.78 is 35.2. The Balaban J connectivity index is 0.000000365. The number of halogens is 4. The maximum atomic E-state index is 13.8. The molecule has 3 aromatic heterocycles. The first kappa shape index (κ1) is 39.6. The number of nitrogens with one attached hydrogen (secondary N) is 4. The molecule has 12 nitrogen and oxygen atoms in total. The van der Waals surface area contributed by atoms with Crippen molar-refractivity contribution < 1.29 is 18.3 Å². The largest absolute Gasteiger partial charge is 0.481 e. The van der Waals surface area contributed by atoms with E-state index in [-0.39, 0.29) is 33.3 Å². The van der Waals surface area contributed by atoms with E-state index in [1.807, 2.05) is 38.1 Å². The van der Waals surface area contributed by atoms with Crippen molar-refractivity contribution in [2.45, 2.75) is 51.5 Å². The van der Waals surface area contributed by atoms with E-state index in [1.54, 1.807) is 25.3 Å². The summed E-state index contributed by atoms with van der Waals surface area (Å²) in [4.78, 5) is 45.1. The Morgan fingerprint density at radius 1 is 0.927 bits per heavy atom. The molecule has 290 valence electrons. The van der Waals surface area contributed by atoms with Gasteiger partial charge in [-0.05, 0) is 56.0 Å². The summed E-state index contributed by atoms with van der Waals surface area (Å²) in [6, 6.07) is 13.7. The molecule has 2 fully saturated rings. The van der Waals surface area contributed by atoms with E-state index in [2.05, 4.69) is 26.3 Å².